The van der Waals surface area contributed by atoms with Crippen molar-refractivity contribution in [2.24, 2.45) is 0 Å². The van der Waals surface area contributed by atoms with E-state index < -0.39 is 0 Å². The lowest BCUT2D eigenvalue weighted by Crippen LogP contribution is -2.09. The highest BCUT2D eigenvalue weighted by Gasteiger charge is 2.10. The Bertz CT molecular complexity index is 560. The van der Waals surface area contributed by atoms with Crippen molar-refractivity contribution in [2.45, 2.75) is 13.0 Å². The van der Waals surface area contributed by atoms with Gasteiger partial charge in [-0.25, -0.2) is 4.98 Å². The van der Waals surface area contributed by atoms with Crippen LogP contribution in [0.5, 0.6) is 0 Å². The molecule has 0 saturated carbocycles. The first-order valence-corrected chi connectivity index (χ1v) is 5.22. The van der Waals surface area contributed by atoms with Crippen molar-refractivity contribution in [2.75, 3.05) is 7.11 Å². The molecule has 0 aliphatic carbocycles. The van der Waals surface area contributed by atoms with E-state index in [0.29, 0.717) is 17.9 Å². The molecule has 2 aromatic heterocycles. The van der Waals surface area contributed by atoms with Gasteiger partial charge in [0.2, 0.25) is 0 Å². The topological polar surface area (TPSA) is 61.2 Å². The molecule has 0 amide bonds. The van der Waals surface area contributed by atoms with Crippen LogP contribution in [-0.2, 0) is 16.1 Å². The molecule has 5 nitrogen and oxygen atoms in total. The zero-order valence-corrected chi connectivity index (χ0v) is 9.42. The summed E-state index contributed by atoms with van der Waals surface area (Å²) in [6.45, 7) is 0.390. The Hall–Kier alpha value is -2.17. The van der Waals surface area contributed by atoms with Crippen molar-refractivity contribution >= 4 is 23.3 Å². The van der Waals surface area contributed by atoms with Crippen LogP contribution in [0.2, 0.25) is 0 Å². The van der Waals surface area contributed by atoms with E-state index in [-0.39, 0.29) is 12.4 Å². The number of ether oxygens (including phenoxy) is 1. The summed E-state index contributed by atoms with van der Waals surface area (Å²) in [4.78, 5) is 26.3. The monoisotopic (exact) mass is 232 g/mol. The third-order valence-electron chi connectivity index (χ3n) is 2.58. The quantitative estimate of drug-likeness (QED) is 0.590. The molecule has 0 bridgehead atoms. The van der Waals surface area contributed by atoms with Crippen molar-refractivity contribution in [3.8, 4) is 0 Å². The normalized spacial score (nSPS) is 10.4. The number of rotatable bonds is 4. The predicted octanol–water partition coefficient (Wildman–Crippen LogP) is 1.41. The molecule has 0 N–H and O–H groups in total. The second-order valence-electron chi connectivity index (χ2n) is 3.58. The van der Waals surface area contributed by atoms with Gasteiger partial charge in [0.05, 0.1) is 19.2 Å². The fourth-order valence-electron chi connectivity index (χ4n) is 1.74. The van der Waals surface area contributed by atoms with Crippen molar-refractivity contribution in [3.05, 3.63) is 30.1 Å². The Morgan fingerprint density at radius 1 is 1.59 bits per heavy atom. The standard InChI is InChI=1S/C12H12N2O3/c1-17-11(16)4-6-14-10(8-15)7-9-3-2-5-13-12(9)14/h2-3,5,7-8H,4,6H2,1H3. The van der Waals surface area contributed by atoms with E-state index in [1.165, 1.54) is 7.11 Å². The minimum absolute atomic E-state index is 0.220. The molecule has 0 unspecified atom stereocenters. The van der Waals surface area contributed by atoms with Crippen molar-refractivity contribution in [1.82, 2.24) is 9.55 Å². The molecule has 0 saturated heterocycles. The second kappa shape index (κ2) is 4.78. The highest BCUT2D eigenvalue weighted by Crippen LogP contribution is 2.16. The molecule has 0 fully saturated rings. The highest BCUT2D eigenvalue weighted by molar-refractivity contribution is 5.86. The number of methoxy groups -OCH3 is 1. The molecule has 0 atom stereocenters. The summed E-state index contributed by atoms with van der Waals surface area (Å²) in [5.41, 5.74) is 1.22. The van der Waals surface area contributed by atoms with Crippen LogP contribution >= 0.6 is 0 Å². The summed E-state index contributed by atoms with van der Waals surface area (Å²) in [5.74, 6) is -0.306. The molecule has 0 radical (unpaired) electrons. The largest absolute Gasteiger partial charge is 0.469 e. The van der Waals surface area contributed by atoms with Crippen LogP contribution < -0.4 is 0 Å². The van der Waals surface area contributed by atoms with Gasteiger partial charge < -0.3 is 9.30 Å². The predicted molar refractivity (Wildman–Crippen MR) is 61.8 cm³/mol. The Labute approximate surface area is 98.0 Å². The van der Waals surface area contributed by atoms with Gasteiger partial charge in [-0.15, -0.1) is 0 Å². The number of carbonyl (C=O) groups excluding carboxylic acids is 2. The van der Waals surface area contributed by atoms with E-state index in [2.05, 4.69) is 9.72 Å². The van der Waals surface area contributed by atoms with E-state index >= 15 is 0 Å². The molecule has 0 aliphatic rings. The van der Waals surface area contributed by atoms with E-state index in [1.54, 1.807) is 16.8 Å². The summed E-state index contributed by atoms with van der Waals surface area (Å²) in [6.07, 6.45) is 2.64. The smallest absolute Gasteiger partial charge is 0.307 e. The lowest BCUT2D eigenvalue weighted by Gasteiger charge is -2.05. The second-order valence-corrected chi connectivity index (χ2v) is 3.58. The van der Waals surface area contributed by atoms with Crippen LogP contribution in [0.15, 0.2) is 24.4 Å². The number of fused-ring (bicyclic) bond motifs is 1. The summed E-state index contributed by atoms with van der Waals surface area (Å²) in [6, 6.07) is 5.44. The number of aldehydes is 1. The first-order valence-electron chi connectivity index (χ1n) is 5.22. The van der Waals surface area contributed by atoms with Crippen LogP contribution in [0.3, 0.4) is 0 Å². The first kappa shape index (κ1) is 11.3. The Morgan fingerprint density at radius 2 is 2.41 bits per heavy atom. The zero-order chi connectivity index (χ0) is 12.3. The van der Waals surface area contributed by atoms with Gasteiger partial charge in [-0.1, -0.05) is 0 Å². The molecular weight excluding hydrogens is 220 g/mol. The van der Waals surface area contributed by atoms with Gasteiger partial charge in [0.15, 0.2) is 6.29 Å². The van der Waals surface area contributed by atoms with E-state index in [1.807, 2.05) is 12.1 Å². The number of esters is 1. The number of nitrogens with zero attached hydrogens (tertiary/aromatic N) is 2. The molecule has 88 valence electrons. The molecular formula is C12H12N2O3. The van der Waals surface area contributed by atoms with Crippen LogP contribution in [0, 0.1) is 0 Å². The van der Waals surface area contributed by atoms with Crippen LogP contribution in [0.4, 0.5) is 0 Å². The molecule has 0 aromatic carbocycles. The molecule has 0 spiro atoms. The highest BCUT2D eigenvalue weighted by atomic mass is 16.5. The fourth-order valence-corrected chi connectivity index (χ4v) is 1.74. The average molecular weight is 232 g/mol. The van der Waals surface area contributed by atoms with Gasteiger partial charge >= 0.3 is 5.97 Å². The lowest BCUT2D eigenvalue weighted by atomic mass is 10.3. The van der Waals surface area contributed by atoms with E-state index in [0.717, 1.165) is 11.7 Å². The summed E-state index contributed by atoms with van der Waals surface area (Å²) >= 11 is 0. The van der Waals surface area contributed by atoms with Gasteiger partial charge in [0.1, 0.15) is 5.65 Å². The van der Waals surface area contributed by atoms with Gasteiger partial charge in [0, 0.05) is 18.1 Å². The number of aromatic nitrogens is 2. The van der Waals surface area contributed by atoms with Crippen molar-refractivity contribution < 1.29 is 14.3 Å². The van der Waals surface area contributed by atoms with E-state index in [9.17, 15) is 9.59 Å². The summed E-state index contributed by atoms with van der Waals surface area (Å²) in [7, 11) is 1.34. The third kappa shape index (κ3) is 2.18. The Balaban J connectivity index is 2.36. The van der Waals surface area contributed by atoms with Crippen LogP contribution in [-0.4, -0.2) is 28.9 Å². The fraction of sp³-hybridized carbons (Fsp3) is 0.250. The Kier molecular flexibility index (Phi) is 3.18. The van der Waals surface area contributed by atoms with Gasteiger partial charge in [0.25, 0.3) is 0 Å². The number of hydrogen-bond acceptors (Lipinski definition) is 4. The SMILES string of the molecule is COC(=O)CCn1c(C=O)cc2cccnc21. The summed E-state index contributed by atoms with van der Waals surface area (Å²) < 4.78 is 6.29. The minimum atomic E-state index is -0.306. The Morgan fingerprint density at radius 3 is 3.12 bits per heavy atom. The molecule has 2 heterocycles. The molecule has 5 heteroatoms. The number of pyridine rings is 1. The molecule has 2 aromatic rings. The van der Waals surface area contributed by atoms with Crippen molar-refractivity contribution in [3.63, 3.8) is 0 Å². The maximum atomic E-state index is 11.1. The maximum absolute atomic E-state index is 11.1. The van der Waals surface area contributed by atoms with Gasteiger partial charge in [-0.2, -0.15) is 0 Å². The van der Waals surface area contributed by atoms with Gasteiger partial charge in [-0.05, 0) is 18.2 Å². The van der Waals surface area contributed by atoms with Crippen LogP contribution in [0.25, 0.3) is 11.0 Å². The molecule has 17 heavy (non-hydrogen) atoms. The lowest BCUT2D eigenvalue weighted by molar-refractivity contribution is -0.140. The summed E-state index contributed by atoms with van der Waals surface area (Å²) in [5, 5.41) is 0.888. The first-order chi connectivity index (χ1) is 8.26. The minimum Gasteiger partial charge on any atom is -0.469 e. The number of carbonyl (C=O) groups is 2. The average Bonchev–Trinajstić information content (AvgIpc) is 2.73. The zero-order valence-electron chi connectivity index (χ0n) is 9.42. The maximum Gasteiger partial charge on any atom is 0.307 e. The van der Waals surface area contributed by atoms with Gasteiger partial charge in [-0.3, -0.25) is 9.59 Å². The number of hydrogen-bond donors (Lipinski definition) is 0. The van der Waals surface area contributed by atoms with Crippen molar-refractivity contribution in [1.29, 1.82) is 0 Å². The third-order valence-corrected chi connectivity index (χ3v) is 2.58. The number of aryl methyl sites for hydroxylation is 1. The molecule has 2 rings (SSSR count). The van der Waals surface area contributed by atoms with E-state index in [4.69, 9.17) is 0 Å². The van der Waals surface area contributed by atoms with Crippen LogP contribution in [0.1, 0.15) is 16.9 Å². The molecule has 0 aliphatic heterocycles.